The highest BCUT2D eigenvalue weighted by atomic mass is 79.9. The van der Waals surface area contributed by atoms with Crippen LogP contribution >= 0.6 is 52.3 Å². The minimum Gasteiger partial charge on any atom is -0.493 e. The fraction of sp³-hybridized carbons (Fsp3) is 0.368. The summed E-state index contributed by atoms with van der Waals surface area (Å²) < 4.78 is 12.3. The van der Waals surface area contributed by atoms with E-state index in [1.54, 1.807) is 7.11 Å². The van der Waals surface area contributed by atoms with Crippen LogP contribution < -0.4 is 14.8 Å². The van der Waals surface area contributed by atoms with Crippen LogP contribution in [0.1, 0.15) is 11.1 Å². The van der Waals surface area contributed by atoms with Crippen LogP contribution in [0.2, 0.25) is 5.02 Å². The zero-order valence-corrected chi connectivity index (χ0v) is 19.6. The van der Waals surface area contributed by atoms with Gasteiger partial charge in [-0.05, 0) is 53.8 Å². The van der Waals surface area contributed by atoms with Crippen molar-refractivity contribution in [3.05, 3.63) is 57.0 Å². The van der Waals surface area contributed by atoms with E-state index in [1.807, 2.05) is 36.4 Å². The van der Waals surface area contributed by atoms with Crippen LogP contribution in [0.3, 0.4) is 0 Å². The lowest BCUT2D eigenvalue weighted by Gasteiger charge is -2.16. The molecule has 0 aliphatic carbocycles. The Morgan fingerprint density at radius 3 is 2.48 bits per heavy atom. The number of halogens is 4. The molecule has 0 bridgehead atoms. The lowest BCUT2D eigenvalue weighted by atomic mass is 10.2. The van der Waals surface area contributed by atoms with Crippen molar-refractivity contribution in [1.29, 1.82) is 0 Å². The van der Waals surface area contributed by atoms with E-state index in [9.17, 15) is 0 Å². The largest absolute Gasteiger partial charge is 0.493 e. The molecule has 0 amide bonds. The fourth-order valence-corrected chi connectivity index (χ4v) is 3.11. The summed E-state index contributed by atoms with van der Waals surface area (Å²) in [5.74, 6) is 1.38. The van der Waals surface area contributed by atoms with Gasteiger partial charge in [0.1, 0.15) is 6.61 Å². The molecule has 4 nitrogen and oxygen atoms in total. The van der Waals surface area contributed by atoms with Crippen LogP contribution in [0, 0.1) is 0 Å². The molecule has 0 atom stereocenters. The molecular weight excluding hydrogens is 474 g/mol. The summed E-state index contributed by atoms with van der Waals surface area (Å²) >= 11 is 9.78. The Labute approximate surface area is 187 Å². The van der Waals surface area contributed by atoms with Gasteiger partial charge in [0.2, 0.25) is 0 Å². The molecule has 0 saturated heterocycles. The molecule has 8 heteroatoms. The van der Waals surface area contributed by atoms with Crippen molar-refractivity contribution in [3.63, 3.8) is 0 Å². The maximum atomic E-state index is 6.19. The van der Waals surface area contributed by atoms with Crippen molar-refractivity contribution < 1.29 is 9.47 Å². The van der Waals surface area contributed by atoms with Gasteiger partial charge in [0, 0.05) is 30.2 Å². The molecule has 0 radical (unpaired) electrons. The summed E-state index contributed by atoms with van der Waals surface area (Å²) in [6.45, 7) is 3.08. The Hall–Kier alpha value is -0.690. The molecule has 2 aromatic rings. The Morgan fingerprint density at radius 1 is 1.15 bits per heavy atom. The van der Waals surface area contributed by atoms with E-state index in [4.69, 9.17) is 21.1 Å². The lowest BCUT2D eigenvalue weighted by Crippen LogP contribution is -2.26. The summed E-state index contributed by atoms with van der Waals surface area (Å²) in [7, 11) is 5.77. The predicted octanol–water partition coefficient (Wildman–Crippen LogP) is 5.18. The molecule has 0 heterocycles. The second-order valence-corrected chi connectivity index (χ2v) is 7.23. The SMILES string of the molecule is COc1cc(CNCCN(C)C)cc(Br)c1OCc1ccccc1Cl.Cl.Cl. The molecular formula is C19H26BrCl3N2O2. The third kappa shape index (κ3) is 8.46. The van der Waals surface area contributed by atoms with Crippen LogP contribution in [0.5, 0.6) is 11.5 Å². The minimum absolute atomic E-state index is 0. The maximum Gasteiger partial charge on any atom is 0.175 e. The Kier molecular flexibility index (Phi) is 13.1. The van der Waals surface area contributed by atoms with E-state index < -0.39 is 0 Å². The third-order valence-electron chi connectivity index (χ3n) is 3.68. The van der Waals surface area contributed by atoms with Crippen LogP contribution in [0.25, 0.3) is 0 Å². The van der Waals surface area contributed by atoms with Crippen molar-refractivity contribution in [1.82, 2.24) is 10.2 Å². The van der Waals surface area contributed by atoms with Crippen molar-refractivity contribution in [2.24, 2.45) is 0 Å². The first-order valence-electron chi connectivity index (χ1n) is 8.09. The number of likely N-dealkylation sites (N-methyl/N-ethyl adjacent to an activating group) is 1. The second-order valence-electron chi connectivity index (χ2n) is 5.97. The number of nitrogens with one attached hydrogen (secondary N) is 1. The number of rotatable bonds is 9. The molecule has 2 rings (SSSR count). The molecule has 0 unspecified atom stereocenters. The van der Waals surface area contributed by atoms with Crippen molar-refractivity contribution in [2.75, 3.05) is 34.3 Å². The monoisotopic (exact) mass is 498 g/mol. The first-order valence-corrected chi connectivity index (χ1v) is 9.26. The molecule has 0 fully saturated rings. The van der Waals surface area contributed by atoms with Crippen LogP contribution in [-0.2, 0) is 13.2 Å². The summed E-state index contributed by atoms with van der Waals surface area (Å²) in [5.41, 5.74) is 2.07. The number of hydrogen-bond acceptors (Lipinski definition) is 4. The topological polar surface area (TPSA) is 33.7 Å². The molecule has 0 saturated carbocycles. The molecule has 0 aromatic heterocycles. The second kappa shape index (κ2) is 13.5. The quantitative estimate of drug-likeness (QED) is 0.481. The number of methoxy groups -OCH3 is 1. The van der Waals surface area contributed by atoms with Gasteiger partial charge in [-0.1, -0.05) is 29.8 Å². The molecule has 1 N–H and O–H groups in total. The molecule has 0 aliphatic heterocycles. The smallest absolute Gasteiger partial charge is 0.175 e. The van der Waals surface area contributed by atoms with Crippen LogP contribution in [0.15, 0.2) is 40.9 Å². The van der Waals surface area contributed by atoms with Gasteiger partial charge in [-0.25, -0.2) is 0 Å². The standard InChI is InChI=1S/C19H24BrClN2O2.2ClH/c1-23(2)9-8-22-12-14-10-16(20)19(18(11-14)24-3)25-13-15-6-4-5-7-17(15)21;;/h4-7,10-11,22H,8-9,12-13H2,1-3H3;2*1H. The summed E-state index contributed by atoms with van der Waals surface area (Å²) in [6, 6.07) is 11.7. The van der Waals surface area contributed by atoms with Gasteiger partial charge >= 0.3 is 0 Å². The number of ether oxygens (including phenoxy) is 2. The number of hydrogen-bond donors (Lipinski definition) is 1. The van der Waals surface area contributed by atoms with Gasteiger partial charge in [-0.2, -0.15) is 0 Å². The van der Waals surface area contributed by atoms with E-state index in [0.717, 1.165) is 35.2 Å². The fourth-order valence-electron chi connectivity index (χ4n) is 2.32. The van der Waals surface area contributed by atoms with E-state index >= 15 is 0 Å². The number of benzene rings is 2. The van der Waals surface area contributed by atoms with E-state index in [1.165, 1.54) is 0 Å². The highest BCUT2D eigenvalue weighted by Crippen LogP contribution is 2.37. The van der Waals surface area contributed by atoms with Crippen molar-refractivity contribution in [3.8, 4) is 11.5 Å². The molecule has 0 spiro atoms. The lowest BCUT2D eigenvalue weighted by molar-refractivity contribution is 0.282. The first kappa shape index (κ1) is 26.3. The third-order valence-corrected chi connectivity index (χ3v) is 4.64. The van der Waals surface area contributed by atoms with Gasteiger partial charge in [0.05, 0.1) is 11.6 Å². The Morgan fingerprint density at radius 2 is 1.85 bits per heavy atom. The summed E-state index contributed by atoms with van der Waals surface area (Å²) in [6.07, 6.45) is 0. The average molecular weight is 501 g/mol. The number of nitrogens with zero attached hydrogens (tertiary/aromatic N) is 1. The van der Waals surface area contributed by atoms with Gasteiger partial charge < -0.3 is 19.7 Å². The molecule has 27 heavy (non-hydrogen) atoms. The van der Waals surface area contributed by atoms with Crippen molar-refractivity contribution >= 4 is 52.3 Å². The highest BCUT2D eigenvalue weighted by Gasteiger charge is 2.12. The van der Waals surface area contributed by atoms with Gasteiger partial charge in [0.25, 0.3) is 0 Å². The summed E-state index contributed by atoms with van der Waals surface area (Å²) in [5, 5.41) is 4.11. The van der Waals surface area contributed by atoms with Gasteiger partial charge in [0.15, 0.2) is 11.5 Å². The van der Waals surface area contributed by atoms with E-state index in [-0.39, 0.29) is 24.8 Å². The Balaban J connectivity index is 0.00000338. The maximum absolute atomic E-state index is 6.19. The minimum atomic E-state index is 0. The van der Waals surface area contributed by atoms with E-state index in [0.29, 0.717) is 23.1 Å². The normalized spacial score (nSPS) is 10.1. The molecule has 2 aromatic carbocycles. The Bertz CT molecular complexity index is 703. The van der Waals surface area contributed by atoms with Crippen molar-refractivity contribution in [2.45, 2.75) is 13.2 Å². The van der Waals surface area contributed by atoms with Gasteiger partial charge in [-0.15, -0.1) is 24.8 Å². The van der Waals surface area contributed by atoms with E-state index in [2.05, 4.69) is 40.2 Å². The predicted molar refractivity (Wildman–Crippen MR) is 121 cm³/mol. The first-order chi connectivity index (χ1) is 12.0. The van der Waals surface area contributed by atoms with Gasteiger partial charge in [-0.3, -0.25) is 0 Å². The average Bonchev–Trinajstić information content (AvgIpc) is 2.58. The zero-order chi connectivity index (χ0) is 18.2. The molecule has 0 aliphatic rings. The van der Waals surface area contributed by atoms with Crippen LogP contribution in [0.4, 0.5) is 0 Å². The zero-order valence-electron chi connectivity index (χ0n) is 15.6. The summed E-state index contributed by atoms with van der Waals surface area (Å²) in [4.78, 5) is 2.15. The van der Waals surface area contributed by atoms with Crippen LogP contribution in [-0.4, -0.2) is 39.2 Å². The molecule has 152 valence electrons. The highest BCUT2D eigenvalue weighted by molar-refractivity contribution is 9.10.